The Morgan fingerprint density at radius 3 is 2.74 bits per heavy atom. The van der Waals surface area contributed by atoms with Crippen molar-refractivity contribution in [1.82, 2.24) is 0 Å². The van der Waals surface area contributed by atoms with E-state index in [2.05, 4.69) is 10.3 Å². The quantitative estimate of drug-likeness (QED) is 0.577. The molecule has 1 aromatic rings. The van der Waals surface area contributed by atoms with Crippen LogP contribution in [0.2, 0.25) is 0 Å². The van der Waals surface area contributed by atoms with Crippen molar-refractivity contribution in [1.29, 1.82) is 0 Å². The van der Waals surface area contributed by atoms with Crippen LogP contribution in [0, 0.1) is 17.0 Å². The Morgan fingerprint density at radius 1 is 1.42 bits per heavy atom. The molecule has 0 radical (unpaired) electrons. The molecule has 4 nitrogen and oxygen atoms in total. The number of halogens is 2. The van der Waals surface area contributed by atoms with Crippen LogP contribution in [0.1, 0.15) is 19.3 Å². The Kier molecular flexibility index (Phi) is 3.99. The molecular formula is C13H17F2N3O. The van der Waals surface area contributed by atoms with Crippen molar-refractivity contribution in [2.45, 2.75) is 19.3 Å². The van der Waals surface area contributed by atoms with Gasteiger partial charge < -0.3 is 16.2 Å². The molecule has 0 amide bonds. The van der Waals surface area contributed by atoms with E-state index in [0.717, 1.165) is 37.5 Å². The van der Waals surface area contributed by atoms with Crippen LogP contribution < -0.4 is 11.1 Å². The SMILES string of the molecule is NC(=NCC1(CO)CCC1)Nc1cc(F)ccc1F. The Balaban J connectivity index is 2.00. The minimum Gasteiger partial charge on any atom is -0.396 e. The van der Waals surface area contributed by atoms with Gasteiger partial charge in [-0.1, -0.05) is 6.42 Å². The lowest BCUT2D eigenvalue weighted by Gasteiger charge is -2.38. The minimum absolute atomic E-state index is 0.0178. The van der Waals surface area contributed by atoms with Gasteiger partial charge in [-0.2, -0.15) is 0 Å². The molecule has 0 heterocycles. The summed E-state index contributed by atoms with van der Waals surface area (Å²) in [6, 6.07) is 3.07. The maximum Gasteiger partial charge on any atom is 0.193 e. The third kappa shape index (κ3) is 3.20. The molecule has 2 rings (SSSR count). The zero-order valence-electron chi connectivity index (χ0n) is 10.5. The van der Waals surface area contributed by atoms with Crippen molar-refractivity contribution in [2.75, 3.05) is 18.5 Å². The minimum atomic E-state index is -0.597. The Hall–Kier alpha value is -1.69. The Labute approximate surface area is 110 Å². The van der Waals surface area contributed by atoms with E-state index in [4.69, 9.17) is 5.73 Å². The fourth-order valence-corrected chi connectivity index (χ4v) is 2.07. The number of hydrogen-bond acceptors (Lipinski definition) is 2. The number of guanidine groups is 1. The molecule has 0 spiro atoms. The second-order valence-corrected chi connectivity index (χ2v) is 4.96. The Bertz CT molecular complexity index is 481. The number of hydrogen-bond donors (Lipinski definition) is 3. The third-order valence-electron chi connectivity index (χ3n) is 3.53. The van der Waals surface area contributed by atoms with Crippen LogP contribution in [0.3, 0.4) is 0 Å². The predicted octanol–water partition coefficient (Wildman–Crippen LogP) is 1.85. The van der Waals surface area contributed by atoms with Gasteiger partial charge in [0, 0.05) is 11.5 Å². The molecule has 0 bridgehead atoms. The first-order valence-electron chi connectivity index (χ1n) is 6.17. The van der Waals surface area contributed by atoms with Crippen molar-refractivity contribution in [2.24, 2.45) is 16.1 Å². The van der Waals surface area contributed by atoms with Crippen molar-refractivity contribution in [3.63, 3.8) is 0 Å². The van der Waals surface area contributed by atoms with E-state index in [1.165, 1.54) is 0 Å². The van der Waals surface area contributed by atoms with Crippen molar-refractivity contribution < 1.29 is 13.9 Å². The molecule has 19 heavy (non-hydrogen) atoms. The highest BCUT2D eigenvalue weighted by Gasteiger charge is 2.36. The van der Waals surface area contributed by atoms with Crippen LogP contribution in [0.5, 0.6) is 0 Å². The highest BCUT2D eigenvalue weighted by Crippen LogP contribution is 2.40. The Morgan fingerprint density at radius 2 is 2.16 bits per heavy atom. The molecule has 1 aliphatic rings. The smallest absolute Gasteiger partial charge is 0.193 e. The molecule has 6 heteroatoms. The number of anilines is 1. The summed E-state index contributed by atoms with van der Waals surface area (Å²) in [6.07, 6.45) is 2.89. The van der Waals surface area contributed by atoms with Gasteiger partial charge in [-0.05, 0) is 25.0 Å². The number of benzene rings is 1. The maximum absolute atomic E-state index is 13.4. The van der Waals surface area contributed by atoms with E-state index in [-0.39, 0.29) is 23.7 Å². The van der Waals surface area contributed by atoms with Gasteiger partial charge in [-0.25, -0.2) is 8.78 Å². The predicted molar refractivity (Wildman–Crippen MR) is 69.8 cm³/mol. The number of aliphatic hydroxyl groups is 1. The highest BCUT2D eigenvalue weighted by atomic mass is 19.1. The van der Waals surface area contributed by atoms with Crippen LogP contribution in [0.25, 0.3) is 0 Å². The van der Waals surface area contributed by atoms with Crippen molar-refractivity contribution in [3.05, 3.63) is 29.8 Å². The lowest BCUT2D eigenvalue weighted by Crippen LogP contribution is -2.37. The van der Waals surface area contributed by atoms with Crippen LogP contribution in [-0.2, 0) is 0 Å². The number of rotatable bonds is 4. The van der Waals surface area contributed by atoms with Gasteiger partial charge in [0.1, 0.15) is 11.6 Å². The second kappa shape index (κ2) is 5.52. The van der Waals surface area contributed by atoms with E-state index in [1.54, 1.807) is 0 Å². The molecule has 0 aliphatic heterocycles. The van der Waals surface area contributed by atoms with E-state index < -0.39 is 11.6 Å². The van der Waals surface area contributed by atoms with Crippen LogP contribution in [0.4, 0.5) is 14.5 Å². The van der Waals surface area contributed by atoms with Crippen molar-refractivity contribution in [3.8, 4) is 0 Å². The zero-order chi connectivity index (χ0) is 13.9. The number of nitrogens with one attached hydrogen (secondary N) is 1. The first kappa shape index (κ1) is 13.7. The van der Waals surface area contributed by atoms with Gasteiger partial charge in [-0.3, -0.25) is 4.99 Å². The largest absolute Gasteiger partial charge is 0.396 e. The number of aliphatic imine (C=N–C) groups is 1. The van der Waals surface area contributed by atoms with E-state index >= 15 is 0 Å². The second-order valence-electron chi connectivity index (χ2n) is 4.96. The molecule has 1 aliphatic carbocycles. The molecule has 1 saturated carbocycles. The number of nitrogens with two attached hydrogens (primary N) is 1. The third-order valence-corrected chi connectivity index (χ3v) is 3.53. The summed E-state index contributed by atoms with van der Waals surface area (Å²) in [7, 11) is 0. The maximum atomic E-state index is 13.4. The van der Waals surface area contributed by atoms with Gasteiger partial charge >= 0.3 is 0 Å². The van der Waals surface area contributed by atoms with E-state index in [0.29, 0.717) is 6.54 Å². The summed E-state index contributed by atoms with van der Waals surface area (Å²) in [4.78, 5) is 4.09. The first-order valence-corrected chi connectivity index (χ1v) is 6.17. The summed E-state index contributed by atoms with van der Waals surface area (Å²) in [5, 5.41) is 11.8. The molecule has 1 fully saturated rings. The molecule has 0 saturated heterocycles. The number of aliphatic hydroxyl groups excluding tert-OH is 1. The summed E-state index contributed by atoms with van der Waals surface area (Å²) in [6.45, 7) is 0.456. The molecule has 0 aromatic heterocycles. The summed E-state index contributed by atoms with van der Waals surface area (Å²) in [5.41, 5.74) is 5.40. The van der Waals surface area contributed by atoms with Gasteiger partial charge in [0.2, 0.25) is 0 Å². The van der Waals surface area contributed by atoms with Crippen molar-refractivity contribution >= 4 is 11.6 Å². The van der Waals surface area contributed by atoms with Crippen LogP contribution >= 0.6 is 0 Å². The molecular weight excluding hydrogens is 252 g/mol. The average molecular weight is 269 g/mol. The topological polar surface area (TPSA) is 70.6 Å². The normalized spacial score (nSPS) is 17.9. The highest BCUT2D eigenvalue weighted by molar-refractivity contribution is 5.92. The fraction of sp³-hybridized carbons (Fsp3) is 0.462. The lowest BCUT2D eigenvalue weighted by atomic mass is 9.69. The van der Waals surface area contributed by atoms with E-state index in [1.807, 2.05) is 0 Å². The standard InChI is InChI=1S/C13H17F2N3O/c14-9-2-3-10(15)11(6-9)18-12(16)17-7-13(8-19)4-1-5-13/h2-3,6,19H,1,4-5,7-8H2,(H3,16,17,18). The molecule has 4 N–H and O–H groups in total. The summed E-state index contributed by atoms with van der Waals surface area (Å²) in [5.74, 6) is -1.13. The molecule has 0 unspecified atom stereocenters. The van der Waals surface area contributed by atoms with Crippen LogP contribution in [-0.4, -0.2) is 24.2 Å². The van der Waals surface area contributed by atoms with Gasteiger partial charge in [0.25, 0.3) is 0 Å². The van der Waals surface area contributed by atoms with E-state index in [9.17, 15) is 13.9 Å². The van der Waals surface area contributed by atoms with Gasteiger partial charge in [-0.15, -0.1) is 0 Å². The van der Waals surface area contributed by atoms with Crippen LogP contribution in [0.15, 0.2) is 23.2 Å². The molecule has 1 aromatic carbocycles. The zero-order valence-corrected chi connectivity index (χ0v) is 10.5. The van der Waals surface area contributed by atoms with Gasteiger partial charge in [0.05, 0.1) is 18.8 Å². The fourth-order valence-electron chi connectivity index (χ4n) is 2.07. The molecule has 104 valence electrons. The lowest BCUT2D eigenvalue weighted by molar-refractivity contribution is 0.0540. The first-order chi connectivity index (χ1) is 9.04. The average Bonchev–Trinajstić information content (AvgIpc) is 2.33. The number of nitrogens with zero attached hydrogens (tertiary/aromatic N) is 1. The van der Waals surface area contributed by atoms with Gasteiger partial charge in [0.15, 0.2) is 5.96 Å². The summed E-state index contributed by atoms with van der Waals surface area (Å²) < 4.78 is 26.3. The summed E-state index contributed by atoms with van der Waals surface area (Å²) >= 11 is 0. The monoisotopic (exact) mass is 269 g/mol. The molecule has 0 atom stereocenters.